The first-order valence-electron chi connectivity index (χ1n) is 5.40. The molecule has 17 heavy (non-hydrogen) atoms. The number of halogens is 1. The first-order chi connectivity index (χ1) is 8.22. The zero-order valence-corrected chi connectivity index (χ0v) is 9.98. The molecule has 0 fully saturated rings. The average Bonchev–Trinajstić information content (AvgIpc) is 2.36. The fourth-order valence-corrected chi connectivity index (χ4v) is 2.09. The third-order valence-corrected chi connectivity index (χ3v) is 3.18. The molecule has 0 aromatic heterocycles. The number of aldehydes is 1. The van der Waals surface area contributed by atoms with Gasteiger partial charge in [-0.2, -0.15) is 0 Å². The molecule has 1 aliphatic heterocycles. The Balaban J connectivity index is 2.24. The Morgan fingerprint density at radius 2 is 1.94 bits per heavy atom. The second-order valence-electron chi connectivity index (χ2n) is 3.90. The number of benzene rings is 1. The van der Waals surface area contributed by atoms with Crippen molar-refractivity contribution in [2.45, 2.75) is 19.4 Å². The quantitative estimate of drug-likeness (QED) is 0.610. The second-order valence-corrected chi connectivity index (χ2v) is 4.26. The second kappa shape index (κ2) is 5.15. The van der Waals surface area contributed by atoms with Crippen LogP contribution < -0.4 is 0 Å². The predicted molar refractivity (Wildman–Crippen MR) is 65.2 cm³/mol. The molecule has 4 heteroatoms. The van der Waals surface area contributed by atoms with E-state index in [4.69, 9.17) is 11.6 Å². The lowest BCUT2D eigenvalue weighted by Gasteiger charge is -2.27. The van der Waals surface area contributed by atoms with Crippen LogP contribution >= 0.6 is 11.6 Å². The van der Waals surface area contributed by atoms with Crippen LogP contribution in [0.25, 0.3) is 0 Å². The van der Waals surface area contributed by atoms with Gasteiger partial charge in [-0.3, -0.25) is 14.5 Å². The molecule has 0 saturated carbocycles. The van der Waals surface area contributed by atoms with E-state index in [0.717, 1.165) is 11.8 Å². The number of amides is 1. The van der Waals surface area contributed by atoms with Crippen molar-refractivity contribution < 1.29 is 9.59 Å². The summed E-state index contributed by atoms with van der Waals surface area (Å²) in [5.41, 5.74) is 1.49. The number of hydrogen-bond donors (Lipinski definition) is 0. The lowest BCUT2D eigenvalue weighted by molar-refractivity contribution is -0.130. The summed E-state index contributed by atoms with van der Waals surface area (Å²) in [4.78, 5) is 24.0. The van der Waals surface area contributed by atoms with Crippen molar-refractivity contribution in [3.05, 3.63) is 46.6 Å². The van der Waals surface area contributed by atoms with Gasteiger partial charge in [0.1, 0.15) is 11.4 Å². The molecule has 2 rings (SSSR count). The predicted octanol–water partition coefficient (Wildman–Crippen LogP) is 2.46. The number of hydrogen-bond acceptors (Lipinski definition) is 2. The van der Waals surface area contributed by atoms with Crippen LogP contribution in [-0.4, -0.2) is 17.1 Å². The maximum Gasteiger partial charge on any atom is 0.228 e. The van der Waals surface area contributed by atoms with Crippen molar-refractivity contribution in [3.63, 3.8) is 0 Å². The van der Waals surface area contributed by atoms with E-state index in [1.165, 1.54) is 4.90 Å². The highest BCUT2D eigenvalue weighted by atomic mass is 35.5. The van der Waals surface area contributed by atoms with E-state index in [0.29, 0.717) is 25.0 Å². The average molecular weight is 250 g/mol. The zero-order valence-electron chi connectivity index (χ0n) is 9.23. The third kappa shape index (κ3) is 2.56. The molecule has 0 spiro atoms. The molecule has 1 aliphatic rings. The van der Waals surface area contributed by atoms with E-state index in [1.54, 1.807) is 0 Å². The van der Waals surface area contributed by atoms with Gasteiger partial charge < -0.3 is 0 Å². The van der Waals surface area contributed by atoms with E-state index in [2.05, 4.69) is 0 Å². The van der Waals surface area contributed by atoms with Crippen LogP contribution in [0.4, 0.5) is 0 Å². The van der Waals surface area contributed by atoms with Crippen molar-refractivity contribution in [2.24, 2.45) is 0 Å². The first kappa shape index (κ1) is 11.9. The summed E-state index contributed by atoms with van der Waals surface area (Å²) >= 11 is 6.05. The summed E-state index contributed by atoms with van der Waals surface area (Å²) < 4.78 is 0. The van der Waals surface area contributed by atoms with Gasteiger partial charge in [-0.05, 0) is 12.0 Å². The number of carbonyl (C=O) groups is 2. The molecule has 1 aromatic rings. The Hall–Kier alpha value is -1.61. The molecule has 0 atom stereocenters. The highest BCUT2D eigenvalue weighted by Gasteiger charge is 2.25. The Kier molecular flexibility index (Phi) is 3.59. The van der Waals surface area contributed by atoms with Gasteiger partial charge >= 0.3 is 0 Å². The van der Waals surface area contributed by atoms with Gasteiger partial charge in [0, 0.05) is 12.0 Å². The van der Waals surface area contributed by atoms with E-state index in [9.17, 15) is 9.59 Å². The maximum atomic E-state index is 11.8. The Morgan fingerprint density at radius 1 is 1.24 bits per heavy atom. The van der Waals surface area contributed by atoms with Crippen LogP contribution in [-0.2, 0) is 16.1 Å². The highest BCUT2D eigenvalue weighted by Crippen LogP contribution is 2.26. The standard InChI is InChI=1S/C13H12ClNO2/c14-13-11(9-16)6-7-12(17)15(13)8-10-4-2-1-3-5-10/h1-5,9H,6-8H2. The van der Waals surface area contributed by atoms with Crippen molar-refractivity contribution in [1.82, 2.24) is 4.90 Å². The Bertz CT molecular complexity index is 468. The van der Waals surface area contributed by atoms with Crippen LogP contribution in [0.15, 0.2) is 41.1 Å². The van der Waals surface area contributed by atoms with Crippen molar-refractivity contribution in [1.29, 1.82) is 0 Å². The minimum absolute atomic E-state index is 0.0375. The summed E-state index contributed by atoms with van der Waals surface area (Å²) in [5, 5.41) is 0.264. The van der Waals surface area contributed by atoms with Gasteiger partial charge in [-0.25, -0.2) is 0 Å². The van der Waals surface area contributed by atoms with E-state index < -0.39 is 0 Å². The molecular weight excluding hydrogens is 238 g/mol. The summed E-state index contributed by atoms with van der Waals surface area (Å²) in [6, 6.07) is 9.57. The van der Waals surface area contributed by atoms with E-state index >= 15 is 0 Å². The molecule has 3 nitrogen and oxygen atoms in total. The van der Waals surface area contributed by atoms with Crippen molar-refractivity contribution in [2.75, 3.05) is 0 Å². The maximum absolute atomic E-state index is 11.8. The van der Waals surface area contributed by atoms with Gasteiger partial charge in [-0.1, -0.05) is 41.9 Å². The normalized spacial score (nSPS) is 16.3. The van der Waals surface area contributed by atoms with Gasteiger partial charge in [0.05, 0.1) is 6.54 Å². The molecule has 0 saturated heterocycles. The molecule has 0 N–H and O–H groups in total. The first-order valence-corrected chi connectivity index (χ1v) is 5.78. The lowest BCUT2D eigenvalue weighted by Crippen LogP contribution is -2.32. The summed E-state index contributed by atoms with van der Waals surface area (Å²) in [6.07, 6.45) is 1.51. The third-order valence-electron chi connectivity index (χ3n) is 2.74. The fourth-order valence-electron chi connectivity index (χ4n) is 1.79. The molecule has 0 radical (unpaired) electrons. The smallest absolute Gasteiger partial charge is 0.228 e. The monoisotopic (exact) mass is 249 g/mol. The Morgan fingerprint density at radius 3 is 2.59 bits per heavy atom. The summed E-state index contributed by atoms with van der Waals surface area (Å²) in [7, 11) is 0. The molecular formula is C13H12ClNO2. The van der Waals surface area contributed by atoms with E-state index in [-0.39, 0.29) is 11.1 Å². The van der Waals surface area contributed by atoms with Crippen LogP contribution in [0, 0.1) is 0 Å². The highest BCUT2D eigenvalue weighted by molar-refractivity contribution is 6.32. The van der Waals surface area contributed by atoms with Gasteiger partial charge in [0.2, 0.25) is 5.91 Å². The lowest BCUT2D eigenvalue weighted by atomic mass is 10.1. The minimum Gasteiger partial charge on any atom is -0.298 e. The molecule has 0 unspecified atom stereocenters. The van der Waals surface area contributed by atoms with Crippen LogP contribution in [0.2, 0.25) is 0 Å². The van der Waals surface area contributed by atoms with E-state index in [1.807, 2.05) is 30.3 Å². The van der Waals surface area contributed by atoms with Gasteiger partial charge in [0.15, 0.2) is 0 Å². The van der Waals surface area contributed by atoms with Gasteiger partial charge in [0.25, 0.3) is 0 Å². The van der Waals surface area contributed by atoms with Crippen molar-refractivity contribution >= 4 is 23.8 Å². The largest absolute Gasteiger partial charge is 0.298 e. The van der Waals surface area contributed by atoms with Crippen LogP contribution in [0.1, 0.15) is 18.4 Å². The fraction of sp³-hybridized carbons (Fsp3) is 0.231. The molecule has 1 heterocycles. The minimum atomic E-state index is -0.0375. The van der Waals surface area contributed by atoms with Crippen LogP contribution in [0.3, 0.4) is 0 Å². The van der Waals surface area contributed by atoms with Gasteiger partial charge in [-0.15, -0.1) is 0 Å². The summed E-state index contributed by atoms with van der Waals surface area (Å²) in [6.45, 7) is 0.413. The Labute approximate surface area is 105 Å². The number of carbonyl (C=O) groups excluding carboxylic acids is 2. The summed E-state index contributed by atoms with van der Waals surface area (Å²) in [5.74, 6) is -0.0375. The number of nitrogens with zero attached hydrogens (tertiary/aromatic N) is 1. The molecule has 1 aromatic carbocycles. The molecule has 0 aliphatic carbocycles. The molecule has 0 bridgehead atoms. The SMILES string of the molecule is O=CC1=C(Cl)N(Cc2ccccc2)C(=O)CC1. The number of rotatable bonds is 3. The van der Waals surface area contributed by atoms with Crippen LogP contribution in [0.5, 0.6) is 0 Å². The van der Waals surface area contributed by atoms with Crippen molar-refractivity contribution in [3.8, 4) is 0 Å². The molecule has 1 amide bonds. The number of allylic oxidation sites excluding steroid dienone is 1. The zero-order chi connectivity index (χ0) is 12.3. The molecule has 88 valence electrons. The topological polar surface area (TPSA) is 37.4 Å².